The minimum absolute atomic E-state index is 0.165. The number of alkyl halides is 1. The topological polar surface area (TPSA) is 0 Å². The summed E-state index contributed by atoms with van der Waals surface area (Å²) in [6, 6.07) is 10.6. The van der Waals surface area contributed by atoms with Crippen molar-refractivity contribution >= 4 is 43.5 Å². The van der Waals surface area contributed by atoms with Crippen LogP contribution in [-0.4, -0.2) is 0 Å². The van der Waals surface area contributed by atoms with Gasteiger partial charge in [-0.1, -0.05) is 67.2 Å². The first-order chi connectivity index (χ1) is 8.90. The van der Waals surface area contributed by atoms with Crippen LogP contribution in [0, 0.1) is 20.8 Å². The van der Waals surface area contributed by atoms with Gasteiger partial charge in [0.05, 0.1) is 4.83 Å². The maximum atomic E-state index is 6.17. The van der Waals surface area contributed by atoms with Gasteiger partial charge in [0.1, 0.15) is 0 Å². The van der Waals surface area contributed by atoms with Gasteiger partial charge in [-0.2, -0.15) is 0 Å². The summed E-state index contributed by atoms with van der Waals surface area (Å²) < 4.78 is 1.12. The zero-order chi connectivity index (χ0) is 14.2. The van der Waals surface area contributed by atoms with Crippen LogP contribution in [0.25, 0.3) is 0 Å². The van der Waals surface area contributed by atoms with Gasteiger partial charge in [0.25, 0.3) is 0 Å². The zero-order valence-electron chi connectivity index (χ0n) is 11.1. The molecule has 0 aromatic heterocycles. The molecule has 2 aromatic rings. The van der Waals surface area contributed by atoms with Crippen LogP contribution < -0.4 is 0 Å². The normalized spacial score (nSPS) is 12.5. The summed E-state index contributed by atoms with van der Waals surface area (Å²) >= 11 is 13.6. The maximum absolute atomic E-state index is 6.17. The minimum Gasteiger partial charge on any atom is -0.0840 e. The third-order valence-electron chi connectivity index (χ3n) is 3.24. The molecule has 0 heterocycles. The van der Waals surface area contributed by atoms with E-state index in [0.29, 0.717) is 0 Å². The lowest BCUT2D eigenvalue weighted by Crippen LogP contribution is -1.99. The second kappa shape index (κ2) is 5.99. The summed E-state index contributed by atoms with van der Waals surface area (Å²) in [4.78, 5) is 0.165. The molecule has 19 heavy (non-hydrogen) atoms. The molecule has 0 amide bonds. The first-order valence-corrected chi connectivity index (χ1v) is 8.15. The van der Waals surface area contributed by atoms with E-state index in [1.165, 1.54) is 22.3 Å². The van der Waals surface area contributed by atoms with E-state index in [1.54, 1.807) is 0 Å². The van der Waals surface area contributed by atoms with Crippen molar-refractivity contribution in [1.82, 2.24) is 0 Å². The standard InChI is InChI=1S/C16H15Br2Cl/c1-9-4-5-14(17)13(6-9)16(18)12-7-11(3)15(19)8-10(12)2/h4-8,16H,1-3H3. The Morgan fingerprint density at radius 3 is 2.32 bits per heavy atom. The van der Waals surface area contributed by atoms with Crippen LogP contribution in [0.2, 0.25) is 5.02 Å². The number of benzene rings is 2. The Hall–Kier alpha value is -0.310. The highest BCUT2D eigenvalue weighted by atomic mass is 79.9. The van der Waals surface area contributed by atoms with Crippen molar-refractivity contribution in [2.75, 3.05) is 0 Å². The van der Waals surface area contributed by atoms with Crippen molar-refractivity contribution in [3.05, 3.63) is 67.6 Å². The highest BCUT2D eigenvalue weighted by molar-refractivity contribution is 9.11. The highest BCUT2D eigenvalue weighted by Crippen LogP contribution is 2.38. The van der Waals surface area contributed by atoms with Gasteiger partial charge < -0.3 is 0 Å². The van der Waals surface area contributed by atoms with Gasteiger partial charge in [-0.25, -0.2) is 0 Å². The van der Waals surface area contributed by atoms with Gasteiger partial charge in [0.15, 0.2) is 0 Å². The molecule has 0 radical (unpaired) electrons. The number of aryl methyl sites for hydroxylation is 3. The average Bonchev–Trinajstić information content (AvgIpc) is 2.36. The van der Waals surface area contributed by atoms with E-state index >= 15 is 0 Å². The maximum Gasteiger partial charge on any atom is 0.0658 e. The van der Waals surface area contributed by atoms with Crippen LogP contribution in [0.1, 0.15) is 32.6 Å². The van der Waals surface area contributed by atoms with E-state index in [1.807, 2.05) is 13.0 Å². The molecule has 2 aromatic carbocycles. The van der Waals surface area contributed by atoms with Crippen LogP contribution >= 0.6 is 43.5 Å². The Balaban J connectivity index is 2.52. The molecular weight excluding hydrogens is 387 g/mol. The summed E-state index contributed by atoms with van der Waals surface area (Å²) in [7, 11) is 0. The second-order valence-corrected chi connectivity index (χ2v) is 7.02. The Morgan fingerprint density at radius 1 is 0.947 bits per heavy atom. The molecule has 0 aliphatic carbocycles. The molecule has 0 bridgehead atoms. The van der Waals surface area contributed by atoms with Gasteiger partial charge in [-0.15, -0.1) is 0 Å². The number of hydrogen-bond acceptors (Lipinski definition) is 0. The van der Waals surface area contributed by atoms with Crippen LogP contribution in [0.15, 0.2) is 34.8 Å². The molecule has 0 N–H and O–H groups in total. The summed E-state index contributed by atoms with van der Waals surface area (Å²) in [5.74, 6) is 0. The fourth-order valence-corrected chi connectivity index (χ4v) is 3.97. The summed E-state index contributed by atoms with van der Waals surface area (Å²) in [6.45, 7) is 6.24. The SMILES string of the molecule is Cc1ccc(Br)c(C(Br)c2cc(C)c(Cl)cc2C)c1. The van der Waals surface area contributed by atoms with E-state index in [2.05, 4.69) is 70.0 Å². The molecule has 0 spiro atoms. The molecule has 100 valence electrons. The first-order valence-electron chi connectivity index (χ1n) is 6.07. The average molecular weight is 403 g/mol. The largest absolute Gasteiger partial charge is 0.0840 e. The van der Waals surface area contributed by atoms with Crippen molar-refractivity contribution < 1.29 is 0 Å². The van der Waals surface area contributed by atoms with E-state index in [-0.39, 0.29) is 4.83 Å². The molecule has 3 heteroatoms. The third-order valence-corrected chi connectivity index (χ3v) is 5.36. The number of hydrogen-bond donors (Lipinski definition) is 0. The predicted molar refractivity (Wildman–Crippen MR) is 90.6 cm³/mol. The smallest absolute Gasteiger partial charge is 0.0658 e. The summed E-state index contributed by atoms with van der Waals surface area (Å²) in [5, 5.41) is 0.823. The number of rotatable bonds is 2. The van der Waals surface area contributed by atoms with Crippen molar-refractivity contribution in [1.29, 1.82) is 0 Å². The van der Waals surface area contributed by atoms with E-state index in [4.69, 9.17) is 11.6 Å². The zero-order valence-corrected chi connectivity index (χ0v) is 15.0. The molecule has 1 unspecified atom stereocenters. The van der Waals surface area contributed by atoms with E-state index in [9.17, 15) is 0 Å². The van der Waals surface area contributed by atoms with Crippen LogP contribution in [-0.2, 0) is 0 Å². The van der Waals surface area contributed by atoms with Crippen molar-refractivity contribution in [2.24, 2.45) is 0 Å². The molecule has 0 aliphatic heterocycles. The monoisotopic (exact) mass is 400 g/mol. The van der Waals surface area contributed by atoms with Gasteiger partial charge in [-0.3, -0.25) is 0 Å². The third kappa shape index (κ3) is 3.24. The van der Waals surface area contributed by atoms with Crippen LogP contribution in [0.3, 0.4) is 0 Å². The molecule has 2 rings (SSSR count). The van der Waals surface area contributed by atoms with E-state index in [0.717, 1.165) is 15.1 Å². The molecule has 1 atom stereocenters. The van der Waals surface area contributed by atoms with Crippen molar-refractivity contribution in [3.8, 4) is 0 Å². The lowest BCUT2D eigenvalue weighted by molar-refractivity contribution is 1.12. The molecule has 0 aliphatic rings. The summed E-state index contributed by atoms with van der Waals surface area (Å²) in [5.41, 5.74) is 6.06. The van der Waals surface area contributed by atoms with Gasteiger partial charge in [0, 0.05) is 9.50 Å². The van der Waals surface area contributed by atoms with Crippen molar-refractivity contribution in [2.45, 2.75) is 25.6 Å². The van der Waals surface area contributed by atoms with Gasteiger partial charge in [0.2, 0.25) is 0 Å². The van der Waals surface area contributed by atoms with Gasteiger partial charge >= 0.3 is 0 Å². The molecule has 0 nitrogen and oxygen atoms in total. The Morgan fingerprint density at radius 2 is 1.63 bits per heavy atom. The molecule has 0 saturated heterocycles. The minimum atomic E-state index is 0.165. The molecule has 0 fully saturated rings. The lowest BCUT2D eigenvalue weighted by atomic mass is 9.97. The Kier molecular flexibility index (Phi) is 4.75. The second-order valence-electron chi connectivity index (χ2n) is 4.85. The fourth-order valence-electron chi connectivity index (χ4n) is 2.10. The quantitative estimate of drug-likeness (QED) is 0.502. The summed E-state index contributed by atoms with van der Waals surface area (Å²) in [6.07, 6.45) is 0. The van der Waals surface area contributed by atoms with Crippen molar-refractivity contribution in [3.63, 3.8) is 0 Å². The van der Waals surface area contributed by atoms with E-state index < -0.39 is 0 Å². The van der Waals surface area contributed by atoms with Crippen LogP contribution in [0.5, 0.6) is 0 Å². The molecular formula is C16H15Br2Cl. The lowest BCUT2D eigenvalue weighted by Gasteiger charge is -2.17. The highest BCUT2D eigenvalue weighted by Gasteiger charge is 2.16. The Bertz CT molecular complexity index is 620. The molecule has 0 saturated carbocycles. The van der Waals surface area contributed by atoms with Crippen LogP contribution in [0.4, 0.5) is 0 Å². The number of halogens is 3. The fraction of sp³-hybridized carbons (Fsp3) is 0.250. The van der Waals surface area contributed by atoms with Gasteiger partial charge in [-0.05, 0) is 55.2 Å². The predicted octanol–water partition coefficient (Wildman–Crippen LogP) is 6.51. The first kappa shape index (κ1) is 15.1. The Labute approximate surface area is 136 Å².